The van der Waals surface area contributed by atoms with Crippen molar-refractivity contribution < 1.29 is 14.3 Å². The molecule has 5 heteroatoms. The van der Waals surface area contributed by atoms with E-state index in [9.17, 15) is 9.59 Å². The molecule has 3 aromatic carbocycles. The summed E-state index contributed by atoms with van der Waals surface area (Å²) in [5, 5.41) is 7.80. The van der Waals surface area contributed by atoms with E-state index in [1.165, 1.54) is 0 Å². The molecule has 0 aliphatic carbocycles. The lowest BCUT2D eigenvalue weighted by molar-refractivity contribution is -0.118. The minimum absolute atomic E-state index is 0.0683. The van der Waals surface area contributed by atoms with Crippen molar-refractivity contribution in [3.05, 3.63) is 66.2 Å². The summed E-state index contributed by atoms with van der Waals surface area (Å²) in [7, 11) is 0. The molecule has 0 radical (unpaired) electrons. The second kappa shape index (κ2) is 8.36. The third-order valence-corrected chi connectivity index (χ3v) is 4.21. The Bertz CT molecular complexity index is 982. The Labute approximate surface area is 158 Å². The second-order valence-electron chi connectivity index (χ2n) is 6.28. The third-order valence-electron chi connectivity index (χ3n) is 4.21. The molecule has 0 saturated heterocycles. The van der Waals surface area contributed by atoms with Crippen LogP contribution in [0.1, 0.15) is 18.9 Å². The number of ether oxygens (including phenoxy) is 1. The SMILES string of the molecule is CCC(=O)Nc1cc(NC(=O)COc2ccc3ccccc3c2)ccc1C. The maximum Gasteiger partial charge on any atom is 0.262 e. The number of amides is 2. The fraction of sp³-hybridized carbons (Fsp3) is 0.182. The normalized spacial score (nSPS) is 10.4. The highest BCUT2D eigenvalue weighted by molar-refractivity contribution is 5.95. The largest absolute Gasteiger partial charge is 0.484 e. The van der Waals surface area contributed by atoms with Gasteiger partial charge in [-0.15, -0.1) is 0 Å². The smallest absolute Gasteiger partial charge is 0.262 e. The van der Waals surface area contributed by atoms with E-state index in [1.807, 2.05) is 55.5 Å². The van der Waals surface area contributed by atoms with Crippen LogP contribution in [0, 0.1) is 6.92 Å². The summed E-state index contributed by atoms with van der Waals surface area (Å²) in [6, 6.07) is 19.1. The van der Waals surface area contributed by atoms with Crippen LogP contribution in [-0.2, 0) is 9.59 Å². The zero-order valence-corrected chi connectivity index (χ0v) is 15.4. The number of hydrogen-bond acceptors (Lipinski definition) is 3. The van der Waals surface area contributed by atoms with Crippen LogP contribution in [0.4, 0.5) is 11.4 Å². The molecule has 0 spiro atoms. The number of fused-ring (bicyclic) bond motifs is 1. The number of carbonyl (C=O) groups is 2. The van der Waals surface area contributed by atoms with Crippen LogP contribution in [0.15, 0.2) is 60.7 Å². The van der Waals surface area contributed by atoms with Gasteiger partial charge in [-0.05, 0) is 47.5 Å². The zero-order valence-electron chi connectivity index (χ0n) is 15.4. The van der Waals surface area contributed by atoms with Gasteiger partial charge in [-0.25, -0.2) is 0 Å². The van der Waals surface area contributed by atoms with E-state index in [0.29, 0.717) is 23.5 Å². The summed E-state index contributed by atoms with van der Waals surface area (Å²) >= 11 is 0. The zero-order chi connectivity index (χ0) is 19.2. The maximum atomic E-state index is 12.2. The van der Waals surface area contributed by atoms with Crippen molar-refractivity contribution in [3.8, 4) is 5.75 Å². The van der Waals surface area contributed by atoms with Crippen LogP contribution >= 0.6 is 0 Å². The Balaban J connectivity index is 1.61. The lowest BCUT2D eigenvalue weighted by Crippen LogP contribution is -2.20. The van der Waals surface area contributed by atoms with Crippen LogP contribution in [0.5, 0.6) is 5.75 Å². The summed E-state index contributed by atoms with van der Waals surface area (Å²) < 4.78 is 5.60. The highest BCUT2D eigenvalue weighted by Gasteiger charge is 2.08. The standard InChI is InChI=1S/C22H22N2O3/c1-3-21(25)24-20-13-18(10-8-15(20)2)23-22(26)14-27-19-11-9-16-6-4-5-7-17(16)12-19/h4-13H,3,14H2,1-2H3,(H,23,26)(H,24,25). The molecule has 0 aliphatic rings. The van der Waals surface area contributed by atoms with Gasteiger partial charge in [0.05, 0.1) is 0 Å². The Hall–Kier alpha value is -3.34. The Morgan fingerprint density at radius 3 is 2.44 bits per heavy atom. The number of benzene rings is 3. The summed E-state index contributed by atoms with van der Waals surface area (Å²) in [6.45, 7) is 3.60. The number of hydrogen-bond donors (Lipinski definition) is 2. The molecule has 0 aromatic heterocycles. The molecule has 3 aromatic rings. The topological polar surface area (TPSA) is 67.4 Å². The number of anilines is 2. The summed E-state index contributed by atoms with van der Waals surface area (Å²) in [5.74, 6) is 0.310. The Kier molecular flexibility index (Phi) is 5.71. The lowest BCUT2D eigenvalue weighted by atomic mass is 10.1. The van der Waals surface area contributed by atoms with Crippen LogP contribution < -0.4 is 15.4 Å². The van der Waals surface area contributed by atoms with Gasteiger partial charge in [0.25, 0.3) is 5.91 Å². The van der Waals surface area contributed by atoms with E-state index in [0.717, 1.165) is 16.3 Å². The quantitative estimate of drug-likeness (QED) is 0.678. The molecule has 0 atom stereocenters. The fourth-order valence-electron chi connectivity index (χ4n) is 2.68. The van der Waals surface area contributed by atoms with Crippen LogP contribution in [0.2, 0.25) is 0 Å². The van der Waals surface area contributed by atoms with Gasteiger partial charge in [-0.1, -0.05) is 43.3 Å². The van der Waals surface area contributed by atoms with Crippen molar-refractivity contribution in [2.45, 2.75) is 20.3 Å². The first kappa shape index (κ1) is 18.5. The molecule has 0 unspecified atom stereocenters. The first-order valence-electron chi connectivity index (χ1n) is 8.87. The van der Waals surface area contributed by atoms with Gasteiger partial charge in [-0.3, -0.25) is 9.59 Å². The number of aryl methyl sites for hydroxylation is 1. The molecule has 0 saturated carbocycles. The third kappa shape index (κ3) is 4.85. The molecule has 2 amide bonds. The summed E-state index contributed by atoms with van der Waals surface area (Å²) in [6.07, 6.45) is 0.398. The van der Waals surface area contributed by atoms with Crippen LogP contribution in [0.25, 0.3) is 10.8 Å². The highest BCUT2D eigenvalue weighted by atomic mass is 16.5. The first-order chi connectivity index (χ1) is 13.0. The van der Waals surface area contributed by atoms with E-state index in [1.54, 1.807) is 19.1 Å². The van der Waals surface area contributed by atoms with Gasteiger partial charge in [-0.2, -0.15) is 0 Å². The molecule has 0 heterocycles. The number of rotatable bonds is 6. The van der Waals surface area contributed by atoms with Gasteiger partial charge in [0, 0.05) is 17.8 Å². The monoisotopic (exact) mass is 362 g/mol. The minimum atomic E-state index is -0.264. The molecule has 27 heavy (non-hydrogen) atoms. The van der Waals surface area contributed by atoms with Crippen molar-refractivity contribution in [2.75, 3.05) is 17.2 Å². The highest BCUT2D eigenvalue weighted by Crippen LogP contribution is 2.22. The molecule has 3 rings (SSSR count). The summed E-state index contributed by atoms with van der Waals surface area (Å²) in [5.41, 5.74) is 2.23. The average Bonchev–Trinajstić information content (AvgIpc) is 2.68. The average molecular weight is 362 g/mol. The van der Waals surface area contributed by atoms with Gasteiger partial charge in [0.15, 0.2) is 6.61 Å². The molecule has 0 bridgehead atoms. The first-order valence-corrected chi connectivity index (χ1v) is 8.87. The van der Waals surface area contributed by atoms with E-state index in [-0.39, 0.29) is 18.4 Å². The Morgan fingerprint density at radius 2 is 1.67 bits per heavy atom. The van der Waals surface area contributed by atoms with E-state index >= 15 is 0 Å². The van der Waals surface area contributed by atoms with Crippen LogP contribution in [0.3, 0.4) is 0 Å². The molecule has 138 valence electrons. The lowest BCUT2D eigenvalue weighted by Gasteiger charge is -2.12. The van der Waals surface area contributed by atoms with Gasteiger partial charge >= 0.3 is 0 Å². The van der Waals surface area contributed by atoms with E-state index in [2.05, 4.69) is 10.6 Å². The maximum absolute atomic E-state index is 12.2. The van der Waals surface area contributed by atoms with Gasteiger partial charge in [0.1, 0.15) is 5.75 Å². The number of carbonyl (C=O) groups excluding carboxylic acids is 2. The Morgan fingerprint density at radius 1 is 0.889 bits per heavy atom. The van der Waals surface area contributed by atoms with Crippen LogP contribution in [-0.4, -0.2) is 18.4 Å². The molecule has 5 nitrogen and oxygen atoms in total. The van der Waals surface area contributed by atoms with Crippen molar-refractivity contribution in [3.63, 3.8) is 0 Å². The molecule has 0 fully saturated rings. The minimum Gasteiger partial charge on any atom is -0.484 e. The van der Waals surface area contributed by atoms with E-state index < -0.39 is 0 Å². The predicted octanol–water partition coefficient (Wildman–Crippen LogP) is 4.51. The van der Waals surface area contributed by atoms with Crippen molar-refractivity contribution in [2.24, 2.45) is 0 Å². The van der Waals surface area contributed by atoms with Gasteiger partial charge < -0.3 is 15.4 Å². The molecule has 0 aliphatic heterocycles. The fourth-order valence-corrected chi connectivity index (χ4v) is 2.68. The van der Waals surface area contributed by atoms with Crippen molar-refractivity contribution in [1.82, 2.24) is 0 Å². The molecular formula is C22H22N2O3. The second-order valence-corrected chi connectivity index (χ2v) is 6.28. The van der Waals surface area contributed by atoms with Gasteiger partial charge in [0.2, 0.25) is 5.91 Å². The van der Waals surface area contributed by atoms with E-state index in [4.69, 9.17) is 4.74 Å². The van der Waals surface area contributed by atoms with Crippen molar-refractivity contribution >= 4 is 34.0 Å². The predicted molar refractivity (Wildman–Crippen MR) is 108 cm³/mol. The number of nitrogens with one attached hydrogen (secondary N) is 2. The van der Waals surface area contributed by atoms with Crippen molar-refractivity contribution in [1.29, 1.82) is 0 Å². The molecular weight excluding hydrogens is 340 g/mol. The summed E-state index contributed by atoms with van der Waals surface area (Å²) in [4.78, 5) is 23.8. The molecule has 2 N–H and O–H groups in total.